The second-order valence-corrected chi connectivity index (χ2v) is 8.57. The monoisotopic (exact) mass is 413 g/mol. The van der Waals surface area contributed by atoms with Crippen molar-refractivity contribution in [3.8, 4) is 5.75 Å². The molecule has 1 aromatic carbocycles. The number of amides is 3. The van der Waals surface area contributed by atoms with Crippen LogP contribution < -0.4 is 15.4 Å². The van der Waals surface area contributed by atoms with Crippen molar-refractivity contribution >= 4 is 27.8 Å². The number of carbonyl (C=O) groups is 2. The van der Waals surface area contributed by atoms with Crippen molar-refractivity contribution in [3.63, 3.8) is 0 Å². The Kier molecular flexibility index (Phi) is 7.61. The van der Waals surface area contributed by atoms with Gasteiger partial charge in [0.2, 0.25) is 5.91 Å². The second-order valence-electron chi connectivity index (χ2n) is 6.43. The average Bonchev–Trinajstić information content (AvgIpc) is 2.68. The highest BCUT2D eigenvalue weighted by Gasteiger charge is 2.29. The average molecular weight is 414 g/mol. The maximum atomic E-state index is 12.3. The third-order valence-electron chi connectivity index (χ3n) is 4.35. The number of ether oxygens (including phenoxy) is 1. The summed E-state index contributed by atoms with van der Waals surface area (Å²) in [7, 11) is 1.07. The number of nitrogens with one attached hydrogen (secondary N) is 2. The van der Waals surface area contributed by atoms with Crippen LogP contribution >= 0.6 is 0 Å². The van der Waals surface area contributed by atoms with Gasteiger partial charge in [-0.3, -0.25) is 4.79 Å². The van der Waals surface area contributed by atoms with Gasteiger partial charge >= 0.3 is 6.03 Å². The molecule has 10 nitrogen and oxygen atoms in total. The number of carbonyl (C=O) groups excluding carboxylic acids is 2. The summed E-state index contributed by atoms with van der Waals surface area (Å²) in [6.07, 6.45) is 0.149. The lowest BCUT2D eigenvalue weighted by Crippen LogP contribution is -2.53. The standard InChI is InChI=1S/C17H27N5O5S/c1-20(2)28(25,26)22-12-10-21(11-13-22)16(23)8-9-18-17(24)19-14-4-6-15(27-3)7-5-14/h4-7H,8-13H2,1-3H3,(H2,18,19,24). The molecule has 0 unspecified atom stereocenters. The van der Waals surface area contributed by atoms with Crippen molar-refractivity contribution in [2.45, 2.75) is 6.42 Å². The van der Waals surface area contributed by atoms with Gasteiger partial charge in [-0.15, -0.1) is 0 Å². The third kappa shape index (κ3) is 5.81. The van der Waals surface area contributed by atoms with Gasteiger partial charge in [0.05, 0.1) is 7.11 Å². The van der Waals surface area contributed by atoms with Crippen molar-refractivity contribution in [2.75, 3.05) is 59.2 Å². The summed E-state index contributed by atoms with van der Waals surface area (Å²) >= 11 is 0. The van der Waals surface area contributed by atoms with Crippen LogP contribution in [0.1, 0.15) is 6.42 Å². The Bertz CT molecular complexity index is 774. The predicted octanol–water partition coefficient (Wildman–Crippen LogP) is 0.157. The van der Waals surface area contributed by atoms with Gasteiger partial charge in [0.25, 0.3) is 10.2 Å². The Balaban J connectivity index is 1.70. The van der Waals surface area contributed by atoms with Crippen molar-refractivity contribution in [1.29, 1.82) is 0 Å². The molecule has 0 radical (unpaired) electrons. The molecule has 156 valence electrons. The van der Waals surface area contributed by atoms with E-state index in [0.717, 1.165) is 4.31 Å². The summed E-state index contributed by atoms with van der Waals surface area (Å²) < 4.78 is 31.7. The van der Waals surface area contributed by atoms with E-state index in [0.29, 0.717) is 24.5 Å². The maximum Gasteiger partial charge on any atom is 0.319 e. The lowest BCUT2D eigenvalue weighted by Gasteiger charge is -2.35. The summed E-state index contributed by atoms with van der Waals surface area (Å²) in [6, 6.07) is 6.49. The van der Waals surface area contributed by atoms with E-state index in [-0.39, 0.29) is 32.0 Å². The first kappa shape index (κ1) is 21.9. The van der Waals surface area contributed by atoms with Gasteiger partial charge in [-0.2, -0.15) is 17.0 Å². The Hall–Kier alpha value is -2.37. The van der Waals surface area contributed by atoms with Crippen LogP contribution in [-0.2, 0) is 15.0 Å². The van der Waals surface area contributed by atoms with E-state index in [2.05, 4.69) is 10.6 Å². The molecule has 2 rings (SSSR count). The quantitative estimate of drug-likeness (QED) is 0.661. The van der Waals surface area contributed by atoms with Crippen molar-refractivity contribution in [1.82, 2.24) is 18.8 Å². The molecule has 0 atom stereocenters. The summed E-state index contributed by atoms with van der Waals surface area (Å²) in [4.78, 5) is 25.8. The molecule has 1 fully saturated rings. The van der Waals surface area contributed by atoms with E-state index >= 15 is 0 Å². The molecule has 1 heterocycles. The van der Waals surface area contributed by atoms with Crippen molar-refractivity contribution in [3.05, 3.63) is 24.3 Å². The van der Waals surface area contributed by atoms with Crippen LogP contribution in [0.2, 0.25) is 0 Å². The number of rotatable bonds is 7. The minimum absolute atomic E-state index is 0.119. The number of hydrogen-bond donors (Lipinski definition) is 2. The molecule has 11 heteroatoms. The minimum Gasteiger partial charge on any atom is -0.497 e. The second kappa shape index (κ2) is 9.71. The smallest absolute Gasteiger partial charge is 0.319 e. The van der Waals surface area contributed by atoms with Gasteiger partial charge in [0, 0.05) is 58.9 Å². The fourth-order valence-corrected chi connectivity index (χ4v) is 3.78. The van der Waals surface area contributed by atoms with Crippen LogP contribution in [0.25, 0.3) is 0 Å². The van der Waals surface area contributed by atoms with Crippen molar-refractivity contribution < 1.29 is 22.7 Å². The molecule has 1 aliphatic rings. The molecular formula is C17H27N5O5S. The van der Waals surface area contributed by atoms with E-state index in [1.54, 1.807) is 36.3 Å². The number of benzene rings is 1. The summed E-state index contributed by atoms with van der Waals surface area (Å²) in [5, 5.41) is 5.31. The Morgan fingerprint density at radius 1 is 1.11 bits per heavy atom. The molecule has 1 aromatic rings. The Morgan fingerprint density at radius 3 is 2.25 bits per heavy atom. The molecule has 28 heavy (non-hydrogen) atoms. The van der Waals surface area contributed by atoms with Crippen LogP contribution in [0.4, 0.5) is 10.5 Å². The Labute approximate surface area is 165 Å². The lowest BCUT2D eigenvalue weighted by molar-refractivity contribution is -0.132. The number of methoxy groups -OCH3 is 1. The minimum atomic E-state index is -3.46. The fourth-order valence-electron chi connectivity index (χ4n) is 2.69. The number of urea groups is 1. The first-order valence-corrected chi connectivity index (χ1v) is 10.3. The van der Waals surface area contributed by atoms with Gasteiger partial charge in [-0.05, 0) is 24.3 Å². The van der Waals surface area contributed by atoms with E-state index in [1.807, 2.05) is 0 Å². The number of nitrogens with zero attached hydrogens (tertiary/aromatic N) is 3. The SMILES string of the molecule is COc1ccc(NC(=O)NCCC(=O)N2CCN(S(=O)(=O)N(C)C)CC2)cc1. The topological polar surface area (TPSA) is 111 Å². The molecule has 0 aliphatic carbocycles. The molecule has 0 aromatic heterocycles. The highest BCUT2D eigenvalue weighted by Crippen LogP contribution is 2.14. The van der Waals surface area contributed by atoms with E-state index in [4.69, 9.17) is 4.74 Å². The van der Waals surface area contributed by atoms with Gasteiger partial charge in [0.1, 0.15) is 5.75 Å². The molecule has 2 N–H and O–H groups in total. The van der Waals surface area contributed by atoms with Gasteiger partial charge < -0.3 is 20.3 Å². The van der Waals surface area contributed by atoms with E-state index in [1.165, 1.54) is 18.4 Å². The van der Waals surface area contributed by atoms with E-state index in [9.17, 15) is 18.0 Å². The molecule has 1 aliphatic heterocycles. The van der Waals surface area contributed by atoms with Crippen LogP contribution in [0.15, 0.2) is 24.3 Å². The van der Waals surface area contributed by atoms with Crippen LogP contribution in [0, 0.1) is 0 Å². The van der Waals surface area contributed by atoms with Gasteiger partial charge in [-0.25, -0.2) is 4.79 Å². The summed E-state index contributed by atoms with van der Waals surface area (Å²) in [5.74, 6) is 0.571. The van der Waals surface area contributed by atoms with Crippen LogP contribution in [0.3, 0.4) is 0 Å². The first-order valence-electron chi connectivity index (χ1n) is 8.88. The molecule has 3 amide bonds. The highest BCUT2D eigenvalue weighted by molar-refractivity contribution is 7.86. The lowest BCUT2D eigenvalue weighted by atomic mass is 10.3. The van der Waals surface area contributed by atoms with Crippen LogP contribution in [-0.4, -0.2) is 87.8 Å². The van der Waals surface area contributed by atoms with Gasteiger partial charge in [-0.1, -0.05) is 0 Å². The summed E-state index contributed by atoms with van der Waals surface area (Å²) in [6.45, 7) is 1.39. The molecule has 0 bridgehead atoms. The highest BCUT2D eigenvalue weighted by atomic mass is 32.2. The largest absolute Gasteiger partial charge is 0.497 e. The maximum absolute atomic E-state index is 12.3. The van der Waals surface area contributed by atoms with Crippen molar-refractivity contribution in [2.24, 2.45) is 0 Å². The predicted molar refractivity (Wildman–Crippen MR) is 105 cm³/mol. The summed E-state index contributed by atoms with van der Waals surface area (Å²) in [5.41, 5.74) is 0.614. The first-order chi connectivity index (χ1) is 13.2. The normalized spacial score (nSPS) is 15.4. The molecule has 1 saturated heterocycles. The Morgan fingerprint density at radius 2 is 1.71 bits per heavy atom. The zero-order valence-electron chi connectivity index (χ0n) is 16.3. The fraction of sp³-hybridized carbons (Fsp3) is 0.529. The molecule has 0 spiro atoms. The number of anilines is 1. The molecule has 0 saturated carbocycles. The van der Waals surface area contributed by atoms with Gasteiger partial charge in [0.15, 0.2) is 0 Å². The zero-order chi connectivity index (χ0) is 20.7. The third-order valence-corrected chi connectivity index (χ3v) is 6.29. The molecular weight excluding hydrogens is 386 g/mol. The number of hydrogen-bond acceptors (Lipinski definition) is 5. The zero-order valence-corrected chi connectivity index (χ0v) is 17.2. The van der Waals surface area contributed by atoms with Crippen LogP contribution in [0.5, 0.6) is 5.75 Å². The van der Waals surface area contributed by atoms with E-state index < -0.39 is 16.2 Å². The number of piperazine rings is 1.